The van der Waals surface area contributed by atoms with Crippen molar-refractivity contribution < 1.29 is 4.79 Å². The highest BCUT2D eigenvalue weighted by molar-refractivity contribution is 7.15. The lowest BCUT2D eigenvalue weighted by Crippen LogP contribution is -2.13. The molecule has 0 fully saturated rings. The fraction of sp³-hybridized carbons (Fsp3) is 0.538. The second-order valence-electron chi connectivity index (χ2n) is 4.90. The fourth-order valence-corrected chi connectivity index (χ4v) is 3.20. The Labute approximate surface area is 132 Å². The summed E-state index contributed by atoms with van der Waals surface area (Å²) < 4.78 is 0. The molecular formula is C13H19N5OS2. The number of carbonyl (C=O) groups is 1. The molecule has 8 heteroatoms. The van der Waals surface area contributed by atoms with Crippen LogP contribution in [-0.4, -0.2) is 27.1 Å². The van der Waals surface area contributed by atoms with Crippen LogP contribution < -0.4 is 10.6 Å². The summed E-state index contributed by atoms with van der Waals surface area (Å²) in [6.45, 7) is 6.19. The molecule has 114 valence electrons. The van der Waals surface area contributed by atoms with Crippen molar-refractivity contribution in [1.29, 1.82) is 0 Å². The number of carbonyl (C=O) groups excluding carboxylic acids is 1. The Morgan fingerprint density at radius 1 is 1.33 bits per heavy atom. The van der Waals surface area contributed by atoms with Crippen LogP contribution in [0, 0.1) is 0 Å². The van der Waals surface area contributed by atoms with Crippen molar-refractivity contribution >= 4 is 38.8 Å². The average molecular weight is 325 g/mol. The molecule has 0 aliphatic heterocycles. The number of aryl methyl sites for hydroxylation is 1. The highest BCUT2D eigenvalue weighted by Gasteiger charge is 2.14. The minimum atomic E-state index is -0.249. The summed E-state index contributed by atoms with van der Waals surface area (Å²) in [5.41, 5.74) is 0.397. The molecule has 6 nitrogen and oxygen atoms in total. The number of hydrogen-bond donors (Lipinski definition) is 2. The van der Waals surface area contributed by atoms with Crippen LogP contribution >= 0.6 is 22.7 Å². The summed E-state index contributed by atoms with van der Waals surface area (Å²) in [6, 6.07) is 0.288. The lowest BCUT2D eigenvalue weighted by atomic mass is 10.3. The van der Waals surface area contributed by atoms with Gasteiger partial charge in [-0.15, -0.1) is 21.5 Å². The standard InChI is InChI=1S/C13H19N5OS2/c1-4-5-6-10-17-18-13(21-10)16-11(19)9-7-20-12(15-9)14-8(2)3/h7-8H,4-6H2,1-3H3,(H,14,15)(H,16,18,19). The molecule has 0 saturated heterocycles. The number of nitrogens with one attached hydrogen (secondary N) is 2. The first-order valence-electron chi connectivity index (χ1n) is 6.94. The van der Waals surface area contributed by atoms with Gasteiger partial charge in [0.2, 0.25) is 5.13 Å². The van der Waals surface area contributed by atoms with Crippen LogP contribution in [0.2, 0.25) is 0 Å². The van der Waals surface area contributed by atoms with Crippen LogP contribution in [0.15, 0.2) is 5.38 Å². The third-order valence-electron chi connectivity index (χ3n) is 2.58. The van der Waals surface area contributed by atoms with Crippen LogP contribution in [0.5, 0.6) is 0 Å². The molecule has 0 bridgehead atoms. The van der Waals surface area contributed by atoms with Crippen molar-refractivity contribution in [2.45, 2.75) is 46.1 Å². The monoisotopic (exact) mass is 325 g/mol. The molecule has 2 heterocycles. The van der Waals surface area contributed by atoms with Crippen molar-refractivity contribution in [3.8, 4) is 0 Å². The highest BCUT2D eigenvalue weighted by atomic mass is 32.1. The zero-order valence-corrected chi connectivity index (χ0v) is 14.0. The number of hydrogen-bond acceptors (Lipinski definition) is 7. The topological polar surface area (TPSA) is 79.8 Å². The average Bonchev–Trinajstić information content (AvgIpc) is 3.05. The normalized spacial score (nSPS) is 10.9. The molecule has 0 atom stereocenters. The quantitative estimate of drug-likeness (QED) is 0.815. The van der Waals surface area contributed by atoms with Crippen LogP contribution in [0.4, 0.5) is 10.3 Å². The molecule has 0 aliphatic rings. The minimum absolute atomic E-state index is 0.249. The number of anilines is 2. The summed E-state index contributed by atoms with van der Waals surface area (Å²) in [5, 5.41) is 17.9. The molecule has 0 spiro atoms. The minimum Gasteiger partial charge on any atom is -0.359 e. The Morgan fingerprint density at radius 3 is 2.86 bits per heavy atom. The summed E-state index contributed by atoms with van der Waals surface area (Å²) in [5.74, 6) is -0.249. The number of rotatable bonds is 7. The van der Waals surface area contributed by atoms with E-state index in [1.54, 1.807) is 5.38 Å². The van der Waals surface area contributed by atoms with Crippen molar-refractivity contribution in [1.82, 2.24) is 15.2 Å². The van der Waals surface area contributed by atoms with Gasteiger partial charge in [0.05, 0.1) is 0 Å². The van der Waals surface area contributed by atoms with Gasteiger partial charge in [0.15, 0.2) is 5.13 Å². The third-order valence-corrected chi connectivity index (χ3v) is 4.25. The Morgan fingerprint density at radius 2 is 2.14 bits per heavy atom. The predicted molar refractivity (Wildman–Crippen MR) is 87.3 cm³/mol. The molecular weight excluding hydrogens is 306 g/mol. The van der Waals surface area contributed by atoms with Gasteiger partial charge in [0.1, 0.15) is 10.7 Å². The van der Waals surface area contributed by atoms with Gasteiger partial charge in [0.25, 0.3) is 5.91 Å². The molecule has 0 aliphatic carbocycles. The maximum atomic E-state index is 12.1. The Bertz CT molecular complexity index is 593. The van der Waals surface area contributed by atoms with Gasteiger partial charge < -0.3 is 5.32 Å². The molecule has 2 rings (SSSR count). The summed E-state index contributed by atoms with van der Waals surface area (Å²) >= 11 is 2.84. The van der Waals surface area contributed by atoms with Gasteiger partial charge in [-0.1, -0.05) is 24.7 Å². The molecule has 1 amide bonds. The molecule has 0 saturated carbocycles. The van der Waals surface area contributed by atoms with E-state index in [9.17, 15) is 4.79 Å². The lowest BCUT2D eigenvalue weighted by molar-refractivity contribution is 0.102. The predicted octanol–water partition coefficient (Wildman–Crippen LogP) is 3.41. The zero-order valence-electron chi connectivity index (χ0n) is 12.3. The smallest absolute Gasteiger partial charge is 0.277 e. The number of thiazole rings is 1. The fourth-order valence-electron chi connectivity index (χ4n) is 1.59. The number of aromatic nitrogens is 3. The number of amides is 1. The maximum absolute atomic E-state index is 12.1. The van der Waals surface area contributed by atoms with Gasteiger partial charge in [-0.25, -0.2) is 4.98 Å². The SMILES string of the molecule is CCCCc1nnc(NC(=O)c2csc(NC(C)C)n2)s1. The molecule has 0 radical (unpaired) electrons. The van der Waals surface area contributed by atoms with E-state index in [0.29, 0.717) is 10.8 Å². The molecule has 2 N–H and O–H groups in total. The van der Waals surface area contributed by atoms with E-state index >= 15 is 0 Å². The van der Waals surface area contributed by atoms with E-state index in [2.05, 4.69) is 32.7 Å². The van der Waals surface area contributed by atoms with Crippen LogP contribution in [0.3, 0.4) is 0 Å². The Kier molecular flexibility index (Phi) is 5.63. The largest absolute Gasteiger partial charge is 0.359 e. The second-order valence-corrected chi connectivity index (χ2v) is 6.82. The summed E-state index contributed by atoms with van der Waals surface area (Å²) in [4.78, 5) is 16.3. The highest BCUT2D eigenvalue weighted by Crippen LogP contribution is 2.20. The molecule has 21 heavy (non-hydrogen) atoms. The van der Waals surface area contributed by atoms with E-state index in [1.807, 2.05) is 13.8 Å². The van der Waals surface area contributed by atoms with Gasteiger partial charge in [0, 0.05) is 17.8 Å². The first-order valence-corrected chi connectivity index (χ1v) is 8.64. The Balaban J connectivity index is 1.94. The first-order chi connectivity index (χ1) is 10.1. The number of unbranched alkanes of at least 4 members (excludes halogenated alkanes) is 1. The van der Waals surface area contributed by atoms with Gasteiger partial charge in [-0.3, -0.25) is 10.1 Å². The van der Waals surface area contributed by atoms with Crippen molar-refractivity contribution in [3.63, 3.8) is 0 Å². The summed E-state index contributed by atoms with van der Waals surface area (Å²) in [6.07, 6.45) is 3.10. The molecule has 0 unspecified atom stereocenters. The van der Waals surface area contributed by atoms with Crippen molar-refractivity contribution in [2.75, 3.05) is 10.6 Å². The van der Waals surface area contributed by atoms with Crippen LogP contribution in [0.1, 0.15) is 49.1 Å². The first kappa shape index (κ1) is 15.8. The zero-order chi connectivity index (χ0) is 15.2. The van der Waals surface area contributed by atoms with E-state index in [0.717, 1.165) is 29.4 Å². The van der Waals surface area contributed by atoms with Crippen molar-refractivity contribution in [2.24, 2.45) is 0 Å². The summed E-state index contributed by atoms with van der Waals surface area (Å²) in [7, 11) is 0. The van der Waals surface area contributed by atoms with Crippen molar-refractivity contribution in [3.05, 3.63) is 16.1 Å². The van der Waals surface area contributed by atoms with Gasteiger partial charge in [-0.05, 0) is 20.3 Å². The van der Waals surface area contributed by atoms with E-state index in [-0.39, 0.29) is 11.9 Å². The number of nitrogens with zero attached hydrogens (tertiary/aromatic N) is 3. The maximum Gasteiger partial charge on any atom is 0.277 e. The van der Waals surface area contributed by atoms with E-state index < -0.39 is 0 Å². The second kappa shape index (κ2) is 7.46. The molecule has 0 aromatic carbocycles. The van der Waals surface area contributed by atoms with E-state index in [1.165, 1.54) is 22.7 Å². The van der Waals surface area contributed by atoms with Gasteiger partial charge in [-0.2, -0.15) is 0 Å². The van der Waals surface area contributed by atoms with Crippen LogP contribution in [-0.2, 0) is 6.42 Å². The molecule has 2 aromatic heterocycles. The third kappa shape index (κ3) is 4.75. The van der Waals surface area contributed by atoms with E-state index in [4.69, 9.17) is 0 Å². The van der Waals surface area contributed by atoms with Crippen LogP contribution in [0.25, 0.3) is 0 Å². The molecule has 2 aromatic rings. The Hall–Kier alpha value is -1.54. The van der Waals surface area contributed by atoms with Gasteiger partial charge >= 0.3 is 0 Å². The lowest BCUT2D eigenvalue weighted by Gasteiger charge is -2.04.